The maximum atomic E-state index is 11.6. The van der Waals surface area contributed by atoms with Gasteiger partial charge >= 0.3 is 0 Å². The van der Waals surface area contributed by atoms with Crippen LogP contribution in [0.2, 0.25) is 0 Å². The lowest BCUT2D eigenvalue weighted by Gasteiger charge is -2.07. The molecule has 0 heterocycles. The fourth-order valence-corrected chi connectivity index (χ4v) is 1.88. The van der Waals surface area contributed by atoms with Gasteiger partial charge in [0.05, 0.1) is 13.1 Å². The molecule has 0 aromatic heterocycles. The number of unbranched alkanes of at least 4 members (excludes halogenated alkanes) is 2. The van der Waals surface area contributed by atoms with E-state index in [0.29, 0.717) is 19.5 Å². The van der Waals surface area contributed by atoms with Crippen molar-refractivity contribution in [3.8, 4) is 0 Å². The van der Waals surface area contributed by atoms with Gasteiger partial charge in [-0.15, -0.1) is 0 Å². The molecule has 0 saturated heterocycles. The Morgan fingerprint density at radius 2 is 0.960 bits per heavy atom. The van der Waals surface area contributed by atoms with Crippen molar-refractivity contribution in [2.75, 3.05) is 26.2 Å². The van der Waals surface area contributed by atoms with Crippen LogP contribution in [0.15, 0.2) is 0 Å². The third-order valence-electron chi connectivity index (χ3n) is 3.40. The summed E-state index contributed by atoms with van der Waals surface area (Å²) in [5, 5.41) is 10.4. The molecule has 0 aliphatic heterocycles. The second-order valence-corrected chi connectivity index (χ2v) is 5.81. The third-order valence-corrected chi connectivity index (χ3v) is 3.40. The molecule has 0 atom stereocenters. The van der Waals surface area contributed by atoms with Crippen molar-refractivity contribution in [1.82, 2.24) is 21.3 Å². The lowest BCUT2D eigenvalue weighted by atomic mass is 10.2. The van der Waals surface area contributed by atoms with Gasteiger partial charge < -0.3 is 21.3 Å². The Morgan fingerprint density at radius 3 is 1.32 bits per heavy atom. The van der Waals surface area contributed by atoms with Gasteiger partial charge in [0.15, 0.2) is 0 Å². The Bertz CT molecular complexity index is 389. The highest BCUT2D eigenvalue weighted by Gasteiger charge is 2.08. The van der Waals surface area contributed by atoms with Gasteiger partial charge in [-0.1, -0.05) is 26.7 Å². The normalized spacial score (nSPS) is 10.0. The molecule has 8 heteroatoms. The van der Waals surface area contributed by atoms with Crippen molar-refractivity contribution in [2.45, 2.75) is 58.8 Å². The minimum atomic E-state index is -0.268. The average Bonchev–Trinajstić information content (AvgIpc) is 2.58. The Kier molecular flexibility index (Phi) is 14.1. The van der Waals surface area contributed by atoms with Crippen molar-refractivity contribution < 1.29 is 19.2 Å². The summed E-state index contributed by atoms with van der Waals surface area (Å²) < 4.78 is 0. The molecule has 8 nitrogen and oxygen atoms in total. The lowest BCUT2D eigenvalue weighted by Crippen LogP contribution is -2.38. The summed E-state index contributed by atoms with van der Waals surface area (Å²) >= 11 is 0. The summed E-state index contributed by atoms with van der Waals surface area (Å²) in [5.41, 5.74) is 0. The van der Waals surface area contributed by atoms with E-state index in [0.717, 1.165) is 25.7 Å². The number of carbonyl (C=O) groups is 4. The number of nitrogens with one attached hydrogen (secondary N) is 4. The molecule has 0 radical (unpaired) electrons. The zero-order valence-electron chi connectivity index (χ0n) is 15.4. The topological polar surface area (TPSA) is 116 Å². The molecule has 0 aliphatic carbocycles. The van der Waals surface area contributed by atoms with Crippen LogP contribution < -0.4 is 21.3 Å². The van der Waals surface area contributed by atoms with Crippen LogP contribution in [-0.2, 0) is 19.2 Å². The van der Waals surface area contributed by atoms with Crippen molar-refractivity contribution in [3.05, 3.63) is 0 Å². The smallest absolute Gasteiger partial charge is 0.239 e. The van der Waals surface area contributed by atoms with E-state index in [1.807, 2.05) is 13.8 Å². The van der Waals surface area contributed by atoms with Crippen LogP contribution in [0, 0.1) is 0 Å². The van der Waals surface area contributed by atoms with Gasteiger partial charge in [0.1, 0.15) is 0 Å². The van der Waals surface area contributed by atoms with Gasteiger partial charge in [-0.25, -0.2) is 0 Å². The van der Waals surface area contributed by atoms with Gasteiger partial charge in [0, 0.05) is 25.9 Å². The number of hydrogen-bond donors (Lipinski definition) is 4. The molecule has 0 aromatic rings. The highest BCUT2D eigenvalue weighted by atomic mass is 16.2. The second-order valence-electron chi connectivity index (χ2n) is 5.81. The summed E-state index contributed by atoms with van der Waals surface area (Å²) in [6.45, 7) is 5.18. The van der Waals surface area contributed by atoms with Crippen molar-refractivity contribution in [3.63, 3.8) is 0 Å². The second kappa shape index (κ2) is 15.4. The summed E-state index contributed by atoms with van der Waals surface area (Å²) in [6.07, 6.45) is 4.50. The Labute approximate surface area is 149 Å². The molecule has 0 aromatic carbocycles. The van der Waals surface area contributed by atoms with Crippen LogP contribution in [-0.4, -0.2) is 49.8 Å². The standard InChI is InChI=1S/C17H32N4O4/c1-3-5-10-18-16(24)12-20-14(22)8-7-9-15(23)21-13-17(25)19-11-6-4-2/h3-13H2,1-2H3,(H,18,24)(H,19,25)(H,20,22)(H,21,23). The molecule has 0 spiro atoms. The van der Waals surface area contributed by atoms with Crippen LogP contribution in [0.4, 0.5) is 0 Å². The highest BCUT2D eigenvalue weighted by Crippen LogP contribution is 1.95. The first-order valence-electron chi connectivity index (χ1n) is 9.06. The maximum absolute atomic E-state index is 11.6. The van der Waals surface area contributed by atoms with Crippen molar-refractivity contribution >= 4 is 23.6 Å². The number of carbonyl (C=O) groups excluding carboxylic acids is 4. The number of rotatable bonds is 14. The molecular weight excluding hydrogens is 324 g/mol. The van der Waals surface area contributed by atoms with Gasteiger partial charge in [0.25, 0.3) is 0 Å². The molecule has 0 saturated carbocycles. The molecule has 0 aliphatic rings. The quantitative estimate of drug-likeness (QED) is 0.333. The molecule has 4 amide bonds. The van der Waals surface area contributed by atoms with E-state index in [1.165, 1.54) is 0 Å². The summed E-state index contributed by atoms with van der Waals surface area (Å²) in [4.78, 5) is 46.0. The number of amides is 4. The van der Waals surface area contributed by atoms with E-state index in [1.54, 1.807) is 0 Å². The minimum Gasteiger partial charge on any atom is -0.355 e. The van der Waals surface area contributed by atoms with E-state index >= 15 is 0 Å². The van der Waals surface area contributed by atoms with E-state index in [4.69, 9.17) is 0 Å². The maximum Gasteiger partial charge on any atom is 0.239 e. The zero-order chi connectivity index (χ0) is 18.9. The first-order chi connectivity index (χ1) is 12.0. The zero-order valence-corrected chi connectivity index (χ0v) is 15.4. The van der Waals surface area contributed by atoms with Crippen LogP contribution in [0.3, 0.4) is 0 Å². The van der Waals surface area contributed by atoms with Crippen molar-refractivity contribution in [1.29, 1.82) is 0 Å². The summed E-state index contributed by atoms with van der Waals surface area (Å²) in [7, 11) is 0. The van der Waals surface area contributed by atoms with Crippen LogP contribution in [0.25, 0.3) is 0 Å². The predicted octanol–water partition coefficient (Wildman–Crippen LogP) is 0.222. The first kappa shape index (κ1) is 22.9. The lowest BCUT2D eigenvalue weighted by molar-refractivity contribution is -0.127. The fourth-order valence-electron chi connectivity index (χ4n) is 1.88. The average molecular weight is 356 g/mol. The van der Waals surface area contributed by atoms with E-state index in [9.17, 15) is 19.2 Å². The van der Waals surface area contributed by atoms with Gasteiger partial charge in [-0.3, -0.25) is 19.2 Å². The number of hydrogen-bond acceptors (Lipinski definition) is 4. The predicted molar refractivity (Wildman–Crippen MR) is 95.7 cm³/mol. The Morgan fingerprint density at radius 1 is 0.560 bits per heavy atom. The Hall–Kier alpha value is -2.12. The largest absolute Gasteiger partial charge is 0.355 e. The van der Waals surface area contributed by atoms with Crippen LogP contribution in [0.1, 0.15) is 58.8 Å². The van der Waals surface area contributed by atoms with E-state index < -0.39 is 0 Å². The SMILES string of the molecule is CCCCNC(=O)CNC(=O)CCCC(=O)NCC(=O)NCCCC. The molecule has 0 fully saturated rings. The fraction of sp³-hybridized carbons (Fsp3) is 0.765. The first-order valence-corrected chi connectivity index (χ1v) is 9.06. The molecule has 0 rings (SSSR count). The summed E-state index contributed by atoms with van der Waals surface area (Å²) in [6, 6.07) is 0. The molecule has 144 valence electrons. The van der Waals surface area contributed by atoms with E-state index in [2.05, 4.69) is 21.3 Å². The molecule has 0 bridgehead atoms. The third kappa shape index (κ3) is 15.2. The summed E-state index contributed by atoms with van der Waals surface area (Å²) in [5.74, 6) is -0.964. The van der Waals surface area contributed by atoms with Gasteiger partial charge in [-0.2, -0.15) is 0 Å². The Balaban J connectivity index is 3.64. The molecular formula is C17H32N4O4. The van der Waals surface area contributed by atoms with E-state index in [-0.39, 0.29) is 49.6 Å². The highest BCUT2D eigenvalue weighted by molar-refractivity contribution is 5.86. The van der Waals surface area contributed by atoms with Gasteiger partial charge in [-0.05, 0) is 19.3 Å². The molecule has 25 heavy (non-hydrogen) atoms. The molecule has 0 unspecified atom stereocenters. The van der Waals surface area contributed by atoms with Crippen LogP contribution >= 0.6 is 0 Å². The minimum absolute atomic E-state index is 0.0489. The van der Waals surface area contributed by atoms with Crippen molar-refractivity contribution in [2.24, 2.45) is 0 Å². The van der Waals surface area contributed by atoms with Crippen LogP contribution in [0.5, 0.6) is 0 Å². The monoisotopic (exact) mass is 356 g/mol. The molecule has 4 N–H and O–H groups in total. The van der Waals surface area contributed by atoms with Gasteiger partial charge in [0.2, 0.25) is 23.6 Å².